The molecule has 0 fully saturated rings. The molecule has 0 unspecified atom stereocenters. The van der Waals surface area contributed by atoms with Crippen LogP contribution in [0.1, 0.15) is 0 Å². The lowest BCUT2D eigenvalue weighted by molar-refractivity contribution is -0.109. The zero-order chi connectivity index (χ0) is 12.8. The Morgan fingerprint density at radius 1 is 1.11 bits per heavy atom. The van der Waals surface area contributed by atoms with E-state index in [1.807, 2.05) is 24.3 Å². The van der Waals surface area contributed by atoms with E-state index in [9.17, 15) is 4.79 Å². The minimum Gasteiger partial charge on any atom is -0.497 e. The van der Waals surface area contributed by atoms with E-state index in [4.69, 9.17) is 9.47 Å². The van der Waals surface area contributed by atoms with E-state index in [1.54, 1.807) is 7.11 Å². The molecule has 18 heavy (non-hydrogen) atoms. The van der Waals surface area contributed by atoms with Gasteiger partial charge < -0.3 is 9.47 Å². The van der Waals surface area contributed by atoms with Crippen LogP contribution in [0, 0.1) is 0 Å². The van der Waals surface area contributed by atoms with Gasteiger partial charge in [0.25, 0.3) is 0 Å². The van der Waals surface area contributed by atoms with Crippen LogP contribution in [-0.4, -0.2) is 30.0 Å². The fraction of sp³-hybridized carbons (Fsp3) is 0.154. The first-order valence-corrected chi connectivity index (χ1v) is 5.36. The SMILES string of the molecule is COc1ccc(-c2ncc(OCC=O)cn2)cc1. The van der Waals surface area contributed by atoms with Crippen molar-refractivity contribution in [2.75, 3.05) is 13.7 Å². The molecule has 0 saturated carbocycles. The highest BCUT2D eigenvalue weighted by atomic mass is 16.5. The Bertz CT molecular complexity index is 509. The van der Waals surface area contributed by atoms with Gasteiger partial charge in [-0.15, -0.1) is 0 Å². The lowest BCUT2D eigenvalue weighted by atomic mass is 10.2. The van der Waals surface area contributed by atoms with Crippen LogP contribution in [0.25, 0.3) is 11.4 Å². The zero-order valence-electron chi connectivity index (χ0n) is 9.87. The number of nitrogens with zero attached hydrogens (tertiary/aromatic N) is 2. The maximum absolute atomic E-state index is 10.1. The van der Waals surface area contributed by atoms with Gasteiger partial charge in [0.15, 0.2) is 17.9 Å². The van der Waals surface area contributed by atoms with Crippen molar-refractivity contribution >= 4 is 6.29 Å². The second kappa shape index (κ2) is 5.77. The molecule has 2 rings (SSSR count). The smallest absolute Gasteiger partial charge is 0.159 e. The number of hydrogen-bond acceptors (Lipinski definition) is 5. The second-order valence-corrected chi connectivity index (χ2v) is 3.45. The van der Waals surface area contributed by atoms with Gasteiger partial charge in [-0.2, -0.15) is 0 Å². The van der Waals surface area contributed by atoms with E-state index >= 15 is 0 Å². The van der Waals surface area contributed by atoms with Crippen molar-refractivity contribution in [3.8, 4) is 22.9 Å². The van der Waals surface area contributed by atoms with Crippen molar-refractivity contribution < 1.29 is 14.3 Å². The van der Waals surface area contributed by atoms with Crippen LogP contribution in [0.15, 0.2) is 36.7 Å². The van der Waals surface area contributed by atoms with Crippen LogP contribution < -0.4 is 9.47 Å². The van der Waals surface area contributed by atoms with E-state index in [-0.39, 0.29) is 6.61 Å². The summed E-state index contributed by atoms with van der Waals surface area (Å²) in [6.45, 7) is 0.00520. The number of aromatic nitrogens is 2. The number of carbonyl (C=O) groups excluding carboxylic acids is 1. The maximum atomic E-state index is 10.1. The third-order valence-corrected chi connectivity index (χ3v) is 2.29. The standard InChI is InChI=1S/C13H12N2O3/c1-17-11-4-2-10(3-5-11)13-14-8-12(9-15-13)18-7-6-16/h2-6,8-9H,7H2,1H3. The summed E-state index contributed by atoms with van der Waals surface area (Å²) in [5.41, 5.74) is 0.887. The minimum atomic E-state index is 0.00520. The number of ether oxygens (including phenoxy) is 2. The summed E-state index contributed by atoms with van der Waals surface area (Å²) in [5.74, 6) is 1.85. The normalized spacial score (nSPS) is 9.83. The van der Waals surface area contributed by atoms with Crippen molar-refractivity contribution in [2.24, 2.45) is 0 Å². The molecule has 0 aliphatic heterocycles. The highest BCUT2D eigenvalue weighted by Crippen LogP contribution is 2.19. The molecule has 2 aromatic rings. The number of rotatable bonds is 5. The van der Waals surface area contributed by atoms with Crippen molar-refractivity contribution in [3.05, 3.63) is 36.7 Å². The summed E-state index contributed by atoms with van der Waals surface area (Å²) >= 11 is 0. The quantitative estimate of drug-likeness (QED) is 0.749. The van der Waals surface area contributed by atoms with Gasteiger partial charge in [-0.25, -0.2) is 9.97 Å². The molecule has 0 aliphatic rings. The Kier molecular flexibility index (Phi) is 3.86. The summed E-state index contributed by atoms with van der Waals surface area (Å²) in [6, 6.07) is 7.44. The molecular weight excluding hydrogens is 232 g/mol. The monoisotopic (exact) mass is 244 g/mol. The van der Waals surface area contributed by atoms with Gasteiger partial charge in [0, 0.05) is 5.56 Å². The molecule has 0 radical (unpaired) electrons. The van der Waals surface area contributed by atoms with Gasteiger partial charge in [0.1, 0.15) is 12.4 Å². The first kappa shape index (κ1) is 12.0. The summed E-state index contributed by atoms with van der Waals surface area (Å²) < 4.78 is 10.1. The van der Waals surface area contributed by atoms with E-state index in [0.29, 0.717) is 17.9 Å². The number of methoxy groups -OCH3 is 1. The molecule has 0 spiro atoms. The summed E-state index contributed by atoms with van der Waals surface area (Å²) in [5, 5.41) is 0. The van der Waals surface area contributed by atoms with E-state index < -0.39 is 0 Å². The summed E-state index contributed by atoms with van der Waals surface area (Å²) in [6.07, 6.45) is 3.75. The molecule has 0 N–H and O–H groups in total. The number of carbonyl (C=O) groups is 1. The molecule has 1 aromatic heterocycles. The van der Waals surface area contributed by atoms with Crippen LogP contribution in [0.4, 0.5) is 0 Å². The highest BCUT2D eigenvalue weighted by molar-refractivity contribution is 5.56. The third kappa shape index (κ3) is 2.82. The molecule has 5 nitrogen and oxygen atoms in total. The lowest BCUT2D eigenvalue weighted by Crippen LogP contribution is -1.99. The van der Waals surface area contributed by atoms with Crippen LogP contribution in [0.5, 0.6) is 11.5 Å². The lowest BCUT2D eigenvalue weighted by Gasteiger charge is -2.04. The molecule has 1 aromatic carbocycles. The van der Waals surface area contributed by atoms with Gasteiger partial charge >= 0.3 is 0 Å². The first-order valence-electron chi connectivity index (χ1n) is 5.36. The van der Waals surface area contributed by atoms with Crippen LogP contribution in [0.2, 0.25) is 0 Å². The Morgan fingerprint density at radius 2 is 1.78 bits per heavy atom. The predicted molar refractivity (Wildman–Crippen MR) is 65.6 cm³/mol. The first-order chi connectivity index (χ1) is 8.83. The van der Waals surface area contributed by atoms with Crippen molar-refractivity contribution in [1.82, 2.24) is 9.97 Å². The fourth-order valence-electron chi connectivity index (χ4n) is 1.41. The van der Waals surface area contributed by atoms with Gasteiger partial charge in [0.05, 0.1) is 19.5 Å². The van der Waals surface area contributed by atoms with Crippen molar-refractivity contribution in [1.29, 1.82) is 0 Å². The average Bonchev–Trinajstić information content (AvgIpc) is 2.46. The Morgan fingerprint density at radius 3 is 2.33 bits per heavy atom. The Labute approximate surface area is 104 Å². The maximum Gasteiger partial charge on any atom is 0.159 e. The predicted octanol–water partition coefficient (Wildman–Crippen LogP) is 1.73. The van der Waals surface area contributed by atoms with Gasteiger partial charge in [-0.1, -0.05) is 0 Å². The van der Waals surface area contributed by atoms with E-state index in [0.717, 1.165) is 11.3 Å². The third-order valence-electron chi connectivity index (χ3n) is 2.29. The van der Waals surface area contributed by atoms with Crippen LogP contribution in [0.3, 0.4) is 0 Å². The Balaban J connectivity index is 2.14. The second-order valence-electron chi connectivity index (χ2n) is 3.45. The zero-order valence-corrected chi connectivity index (χ0v) is 9.87. The fourth-order valence-corrected chi connectivity index (χ4v) is 1.41. The molecule has 0 amide bonds. The van der Waals surface area contributed by atoms with Gasteiger partial charge in [-0.05, 0) is 24.3 Å². The van der Waals surface area contributed by atoms with Crippen molar-refractivity contribution in [2.45, 2.75) is 0 Å². The minimum absolute atomic E-state index is 0.00520. The number of hydrogen-bond donors (Lipinski definition) is 0. The molecule has 0 bridgehead atoms. The molecule has 0 atom stereocenters. The number of benzene rings is 1. The van der Waals surface area contributed by atoms with Crippen molar-refractivity contribution in [3.63, 3.8) is 0 Å². The molecule has 1 heterocycles. The molecule has 5 heteroatoms. The van der Waals surface area contributed by atoms with Gasteiger partial charge in [0.2, 0.25) is 0 Å². The average molecular weight is 244 g/mol. The van der Waals surface area contributed by atoms with Crippen LogP contribution >= 0.6 is 0 Å². The van der Waals surface area contributed by atoms with E-state index in [2.05, 4.69) is 9.97 Å². The highest BCUT2D eigenvalue weighted by Gasteiger charge is 2.02. The number of aldehydes is 1. The van der Waals surface area contributed by atoms with E-state index in [1.165, 1.54) is 12.4 Å². The molecular formula is C13H12N2O3. The summed E-state index contributed by atoms with van der Waals surface area (Å²) in [4.78, 5) is 18.5. The summed E-state index contributed by atoms with van der Waals surface area (Å²) in [7, 11) is 1.62. The molecule has 0 saturated heterocycles. The van der Waals surface area contributed by atoms with Crippen LogP contribution in [-0.2, 0) is 4.79 Å². The topological polar surface area (TPSA) is 61.3 Å². The molecule has 92 valence electrons. The molecule has 0 aliphatic carbocycles. The van der Waals surface area contributed by atoms with Gasteiger partial charge in [-0.3, -0.25) is 4.79 Å². The Hall–Kier alpha value is -2.43. The largest absolute Gasteiger partial charge is 0.497 e.